The number of halogens is 9. The number of morpholine rings is 1. The summed E-state index contributed by atoms with van der Waals surface area (Å²) >= 11 is 0. The number of piperazine rings is 1. The van der Waals surface area contributed by atoms with Crippen molar-refractivity contribution in [2.24, 2.45) is 0 Å². The van der Waals surface area contributed by atoms with Crippen LogP contribution in [0.3, 0.4) is 0 Å². The van der Waals surface area contributed by atoms with Crippen molar-refractivity contribution < 1.29 is 54.5 Å². The van der Waals surface area contributed by atoms with Gasteiger partial charge in [-0.1, -0.05) is 6.07 Å². The van der Waals surface area contributed by atoms with Crippen molar-refractivity contribution >= 4 is 30.7 Å². The highest BCUT2D eigenvalue weighted by Crippen LogP contribution is 2.37. The molecular formula is C30H38Cl2F7N3O5. The van der Waals surface area contributed by atoms with E-state index in [1.54, 1.807) is 0 Å². The highest BCUT2D eigenvalue weighted by molar-refractivity contribution is 5.95. The number of amides is 1. The first-order valence-electron chi connectivity index (χ1n) is 14.3. The first kappa shape index (κ1) is 40.8. The van der Waals surface area contributed by atoms with E-state index in [0.717, 1.165) is 0 Å². The first-order chi connectivity index (χ1) is 21.1. The van der Waals surface area contributed by atoms with E-state index >= 15 is 0 Å². The summed E-state index contributed by atoms with van der Waals surface area (Å²) in [4.78, 5) is 19.1. The Morgan fingerprint density at radius 3 is 2.09 bits per heavy atom. The van der Waals surface area contributed by atoms with Crippen molar-refractivity contribution in [1.29, 1.82) is 0 Å². The van der Waals surface area contributed by atoms with Crippen LogP contribution in [0.4, 0.5) is 30.7 Å². The second-order valence-corrected chi connectivity index (χ2v) is 11.0. The number of rotatable bonds is 9. The zero-order valence-corrected chi connectivity index (χ0v) is 27.8. The largest absolute Gasteiger partial charge is 0.494 e. The molecule has 8 nitrogen and oxygen atoms in total. The Morgan fingerprint density at radius 2 is 1.53 bits per heavy atom. The van der Waals surface area contributed by atoms with E-state index in [-0.39, 0.29) is 62.2 Å². The number of carbonyl (C=O) groups is 1. The zero-order valence-electron chi connectivity index (χ0n) is 26.1. The van der Waals surface area contributed by atoms with Gasteiger partial charge in [-0.25, -0.2) is 4.39 Å². The summed E-state index contributed by atoms with van der Waals surface area (Å²) in [6.07, 6.45) is -10.0. The van der Waals surface area contributed by atoms with Gasteiger partial charge in [0.2, 0.25) is 0 Å². The molecule has 0 radical (unpaired) electrons. The molecule has 17 heteroatoms. The number of hydrogen-bond donors (Lipinski definition) is 0. The minimum Gasteiger partial charge on any atom is -0.494 e. The lowest BCUT2D eigenvalue weighted by atomic mass is 9.98. The van der Waals surface area contributed by atoms with Crippen molar-refractivity contribution in [3.63, 3.8) is 0 Å². The average molecular weight is 725 g/mol. The average Bonchev–Trinajstić information content (AvgIpc) is 3.00. The Kier molecular flexibility index (Phi) is 14.2. The molecule has 1 amide bonds. The molecule has 2 aliphatic heterocycles. The van der Waals surface area contributed by atoms with Gasteiger partial charge in [0, 0.05) is 65.1 Å². The van der Waals surface area contributed by atoms with Gasteiger partial charge < -0.3 is 23.8 Å². The normalized spacial score (nSPS) is 20.7. The van der Waals surface area contributed by atoms with E-state index in [1.165, 1.54) is 44.4 Å². The topological polar surface area (TPSA) is 63.7 Å². The molecule has 2 atom stereocenters. The van der Waals surface area contributed by atoms with Crippen LogP contribution in [0, 0.1) is 5.82 Å². The molecule has 266 valence electrons. The SMILES string of the molecule is COc1cc(C[C@@H]2CN(CCN3CCOC(OC)(OC)C3C)CCN2C(=O)c2cc(C(F)(F)F)cc(C(F)(F)F)c2)ccc1F.Cl.Cl. The molecule has 1 unspecified atom stereocenters. The summed E-state index contributed by atoms with van der Waals surface area (Å²) < 4.78 is 117. The van der Waals surface area contributed by atoms with Crippen LogP contribution in [0.15, 0.2) is 36.4 Å². The van der Waals surface area contributed by atoms with Gasteiger partial charge in [-0.05, 0) is 49.2 Å². The molecule has 47 heavy (non-hydrogen) atoms. The molecule has 2 saturated heterocycles. The summed E-state index contributed by atoms with van der Waals surface area (Å²) in [5.74, 6) is -2.84. The molecule has 2 aromatic carbocycles. The number of carbonyl (C=O) groups excluding carboxylic acids is 1. The highest BCUT2D eigenvalue weighted by Gasteiger charge is 2.45. The van der Waals surface area contributed by atoms with Crippen LogP contribution < -0.4 is 4.74 Å². The van der Waals surface area contributed by atoms with Gasteiger partial charge >= 0.3 is 12.4 Å². The van der Waals surface area contributed by atoms with Crippen molar-refractivity contribution in [2.45, 2.75) is 43.8 Å². The Balaban J connectivity index is 0.00000384. The minimum absolute atomic E-state index is 0. The molecular weight excluding hydrogens is 686 g/mol. The highest BCUT2D eigenvalue weighted by atomic mass is 35.5. The van der Waals surface area contributed by atoms with Crippen LogP contribution in [-0.4, -0.2) is 106 Å². The lowest BCUT2D eigenvalue weighted by molar-refractivity contribution is -0.400. The van der Waals surface area contributed by atoms with Crippen molar-refractivity contribution in [1.82, 2.24) is 14.7 Å². The number of hydrogen-bond acceptors (Lipinski definition) is 7. The van der Waals surface area contributed by atoms with Gasteiger partial charge in [0.25, 0.3) is 11.9 Å². The molecule has 2 aliphatic rings. The van der Waals surface area contributed by atoms with Crippen LogP contribution >= 0.6 is 24.8 Å². The van der Waals surface area contributed by atoms with E-state index in [1.807, 2.05) is 6.92 Å². The molecule has 2 fully saturated rings. The van der Waals surface area contributed by atoms with Crippen LogP contribution in [0.1, 0.15) is 34.0 Å². The van der Waals surface area contributed by atoms with Crippen LogP contribution in [0.2, 0.25) is 0 Å². The minimum atomic E-state index is -5.10. The van der Waals surface area contributed by atoms with Gasteiger partial charge in [-0.15, -0.1) is 24.8 Å². The third kappa shape index (κ3) is 9.40. The van der Waals surface area contributed by atoms with Crippen molar-refractivity contribution in [2.75, 3.05) is 67.2 Å². The Labute approximate surface area is 280 Å². The number of methoxy groups -OCH3 is 3. The molecule has 2 aromatic rings. The number of alkyl halides is 6. The summed E-state index contributed by atoms with van der Waals surface area (Å²) in [5.41, 5.74) is -3.28. The Hall–Kier alpha value is -2.40. The molecule has 2 heterocycles. The Bertz CT molecular complexity index is 1320. The van der Waals surface area contributed by atoms with Crippen LogP contribution in [0.25, 0.3) is 0 Å². The molecule has 0 aliphatic carbocycles. The first-order valence-corrected chi connectivity index (χ1v) is 14.3. The molecule has 0 saturated carbocycles. The zero-order chi connectivity index (χ0) is 33.2. The van der Waals surface area contributed by atoms with E-state index in [4.69, 9.17) is 18.9 Å². The summed E-state index contributed by atoms with van der Waals surface area (Å²) in [5, 5.41) is 0. The Morgan fingerprint density at radius 1 is 0.915 bits per heavy atom. The van der Waals surface area contributed by atoms with Gasteiger partial charge in [0.1, 0.15) is 0 Å². The lowest BCUT2D eigenvalue weighted by Crippen LogP contribution is -2.62. The fourth-order valence-electron chi connectivity index (χ4n) is 5.87. The number of ether oxygens (including phenoxy) is 4. The maximum absolute atomic E-state index is 14.1. The fourth-order valence-corrected chi connectivity index (χ4v) is 5.87. The predicted molar refractivity (Wildman–Crippen MR) is 163 cm³/mol. The maximum Gasteiger partial charge on any atom is 0.416 e. The maximum atomic E-state index is 14.1. The smallest absolute Gasteiger partial charge is 0.416 e. The molecule has 0 spiro atoms. The second-order valence-electron chi connectivity index (χ2n) is 11.0. The van der Waals surface area contributed by atoms with E-state index in [2.05, 4.69) is 9.80 Å². The molecule has 4 rings (SSSR count). The van der Waals surface area contributed by atoms with Crippen molar-refractivity contribution in [3.05, 3.63) is 64.5 Å². The van der Waals surface area contributed by atoms with Gasteiger partial charge in [-0.3, -0.25) is 14.6 Å². The second kappa shape index (κ2) is 16.3. The van der Waals surface area contributed by atoms with Crippen LogP contribution in [0.5, 0.6) is 5.75 Å². The van der Waals surface area contributed by atoms with E-state index in [0.29, 0.717) is 50.5 Å². The third-order valence-corrected chi connectivity index (χ3v) is 8.36. The number of benzene rings is 2. The van der Waals surface area contributed by atoms with Crippen molar-refractivity contribution in [3.8, 4) is 5.75 Å². The third-order valence-electron chi connectivity index (χ3n) is 8.36. The molecule has 0 bridgehead atoms. The summed E-state index contributed by atoms with van der Waals surface area (Å²) in [6.45, 7) is 4.57. The fraction of sp³-hybridized carbons (Fsp3) is 0.567. The van der Waals surface area contributed by atoms with Gasteiger partial charge in [0.05, 0.1) is 30.9 Å². The quantitative estimate of drug-likeness (QED) is 0.241. The summed E-state index contributed by atoms with van der Waals surface area (Å²) in [7, 11) is 4.26. The lowest BCUT2D eigenvalue weighted by Gasteiger charge is -2.47. The number of nitrogens with zero attached hydrogens (tertiary/aromatic N) is 3. The monoisotopic (exact) mass is 723 g/mol. The molecule has 0 aromatic heterocycles. The van der Waals surface area contributed by atoms with E-state index < -0.39 is 52.8 Å². The predicted octanol–water partition coefficient (Wildman–Crippen LogP) is 5.75. The molecule has 0 N–H and O–H groups in total. The van der Waals surface area contributed by atoms with Crippen LogP contribution in [-0.2, 0) is 33.0 Å². The standard InChI is InChI=1S/C30H36F7N3O5.2ClH/c1-19-30(43-3,44-4)45-12-11-39(19)9-7-38-8-10-40(24(18-38)13-20-5-6-25(31)26(14-20)42-2)27(41)21-15-22(28(32,33)34)17-23(16-21)29(35,36)37;;/h5-6,14-17,19,24H,7-13,18H2,1-4H3;2*1H/t19?,24-;;/m1../s1. The van der Waals surface area contributed by atoms with Gasteiger partial charge in [-0.2, -0.15) is 26.3 Å². The van der Waals surface area contributed by atoms with E-state index in [9.17, 15) is 35.5 Å². The summed E-state index contributed by atoms with van der Waals surface area (Å²) in [6, 6.07) is 4.09. The van der Waals surface area contributed by atoms with Gasteiger partial charge in [0.15, 0.2) is 11.6 Å².